The molecule has 33 heavy (non-hydrogen) atoms. The van der Waals surface area contributed by atoms with Crippen LogP contribution in [0, 0.1) is 0 Å². The Labute approximate surface area is 190 Å². The second-order valence-corrected chi connectivity index (χ2v) is 8.00. The van der Waals surface area contributed by atoms with Crippen LogP contribution in [0.15, 0.2) is 84.9 Å². The summed E-state index contributed by atoms with van der Waals surface area (Å²) in [5, 5.41) is 21.5. The monoisotopic (exact) mass is 439 g/mol. The minimum absolute atomic E-state index is 0.118. The Morgan fingerprint density at radius 3 is 2.33 bits per heavy atom. The average Bonchev–Trinajstić information content (AvgIpc) is 3.15. The number of para-hydroxylation sites is 1. The Morgan fingerprint density at radius 2 is 1.58 bits per heavy atom. The van der Waals surface area contributed by atoms with Crippen LogP contribution in [0.1, 0.15) is 12.0 Å². The fourth-order valence-corrected chi connectivity index (χ4v) is 4.19. The Bertz CT molecular complexity index is 1470. The van der Waals surface area contributed by atoms with E-state index in [-0.39, 0.29) is 18.2 Å². The molecule has 2 aromatic heterocycles. The van der Waals surface area contributed by atoms with Crippen LogP contribution in [0.4, 0.5) is 0 Å². The molecule has 0 aliphatic carbocycles. The second-order valence-electron chi connectivity index (χ2n) is 8.00. The van der Waals surface area contributed by atoms with Gasteiger partial charge in [0.05, 0.1) is 11.8 Å². The summed E-state index contributed by atoms with van der Waals surface area (Å²) in [6.07, 6.45) is 0.601. The molecule has 0 spiro atoms. The highest BCUT2D eigenvalue weighted by atomic mass is 16.7. The summed E-state index contributed by atoms with van der Waals surface area (Å²) < 4.78 is 2.92. The van der Waals surface area contributed by atoms with E-state index in [1.54, 1.807) is 0 Å². The van der Waals surface area contributed by atoms with Crippen molar-refractivity contribution in [1.29, 1.82) is 0 Å². The highest BCUT2D eigenvalue weighted by Gasteiger charge is 2.15. The predicted molar refractivity (Wildman–Crippen MR) is 126 cm³/mol. The summed E-state index contributed by atoms with van der Waals surface area (Å²) in [6, 6.07) is 27.5. The smallest absolute Gasteiger partial charge is 0.333 e. The molecule has 0 radical (unpaired) electrons. The van der Waals surface area contributed by atoms with Crippen molar-refractivity contribution in [3.63, 3.8) is 0 Å². The van der Waals surface area contributed by atoms with Gasteiger partial charge in [0.2, 0.25) is 22.8 Å². The molecule has 2 heterocycles. The third kappa shape index (κ3) is 3.87. The fraction of sp³-hybridized carbons (Fsp3) is 0.111. The van der Waals surface area contributed by atoms with Gasteiger partial charge in [0.25, 0.3) is 0 Å². The summed E-state index contributed by atoms with van der Waals surface area (Å²) in [4.78, 5) is 17.1. The van der Waals surface area contributed by atoms with E-state index < -0.39 is 5.97 Å². The van der Waals surface area contributed by atoms with E-state index in [9.17, 15) is 15.0 Å². The van der Waals surface area contributed by atoms with E-state index in [1.807, 2.05) is 12.1 Å². The van der Waals surface area contributed by atoms with Crippen LogP contribution in [0.25, 0.3) is 32.9 Å². The van der Waals surface area contributed by atoms with E-state index in [1.165, 1.54) is 28.4 Å². The number of carbonyl (C=O) groups excluding carboxylic acids is 1. The summed E-state index contributed by atoms with van der Waals surface area (Å²) in [5.41, 5.74) is 5.59. The standard InChI is InChI=1S/C27H22N2O4/c1-28-23-7-3-2-5-20(23)17-22-21(6-4-8-24(22)28)19-12-9-18(10-13-19)11-16-27(32)33-29-25(30)14-15-26(29)31/h2-10,12-15,17H,11,16H2,1H3,(H-,30,31)/p+1. The van der Waals surface area contributed by atoms with Gasteiger partial charge in [-0.15, -0.1) is 4.73 Å². The highest BCUT2D eigenvalue weighted by Crippen LogP contribution is 2.29. The molecule has 0 saturated carbocycles. The predicted octanol–water partition coefficient (Wildman–Crippen LogP) is 4.29. The molecule has 6 heteroatoms. The van der Waals surface area contributed by atoms with E-state index in [0.717, 1.165) is 22.2 Å². The number of benzene rings is 3. The maximum Gasteiger partial charge on any atom is 0.333 e. The zero-order chi connectivity index (χ0) is 22.9. The normalized spacial score (nSPS) is 11.2. The third-order valence-corrected chi connectivity index (χ3v) is 5.92. The minimum Gasteiger partial charge on any atom is -0.492 e. The van der Waals surface area contributed by atoms with Gasteiger partial charge < -0.3 is 15.1 Å². The van der Waals surface area contributed by atoms with Gasteiger partial charge in [-0.05, 0) is 35.2 Å². The first-order valence-electron chi connectivity index (χ1n) is 10.7. The van der Waals surface area contributed by atoms with Crippen LogP contribution in [0.5, 0.6) is 11.8 Å². The van der Waals surface area contributed by atoms with Gasteiger partial charge in [-0.3, -0.25) is 0 Å². The van der Waals surface area contributed by atoms with Crippen molar-refractivity contribution in [2.45, 2.75) is 12.8 Å². The van der Waals surface area contributed by atoms with E-state index in [2.05, 4.69) is 72.3 Å². The van der Waals surface area contributed by atoms with Crippen LogP contribution in [0.2, 0.25) is 0 Å². The Morgan fingerprint density at radius 1 is 0.879 bits per heavy atom. The number of hydrogen-bond acceptors (Lipinski definition) is 4. The number of pyridine rings is 1. The van der Waals surface area contributed by atoms with E-state index in [4.69, 9.17) is 4.84 Å². The molecular formula is C27H23N2O4+. The number of nitrogens with zero attached hydrogens (tertiary/aromatic N) is 2. The van der Waals surface area contributed by atoms with Crippen molar-refractivity contribution in [3.05, 3.63) is 90.5 Å². The summed E-state index contributed by atoms with van der Waals surface area (Å²) in [6.45, 7) is 0. The molecule has 2 N–H and O–H groups in total. The number of carbonyl (C=O) groups is 1. The van der Waals surface area contributed by atoms with Crippen LogP contribution in [-0.2, 0) is 18.3 Å². The van der Waals surface area contributed by atoms with Crippen LogP contribution >= 0.6 is 0 Å². The Balaban J connectivity index is 1.37. The number of hydrogen-bond donors (Lipinski definition) is 2. The Hall–Kier alpha value is -4.32. The maximum atomic E-state index is 12.1. The lowest BCUT2D eigenvalue weighted by Crippen LogP contribution is -2.29. The van der Waals surface area contributed by atoms with Gasteiger partial charge in [0, 0.05) is 29.7 Å². The Kier molecular flexibility index (Phi) is 5.18. The zero-order valence-corrected chi connectivity index (χ0v) is 18.1. The molecule has 0 fully saturated rings. The topological polar surface area (TPSA) is 75.6 Å². The van der Waals surface area contributed by atoms with Crippen LogP contribution in [0.3, 0.4) is 0 Å². The van der Waals surface area contributed by atoms with Gasteiger partial charge >= 0.3 is 5.97 Å². The third-order valence-electron chi connectivity index (χ3n) is 5.92. The lowest BCUT2D eigenvalue weighted by Gasteiger charge is -2.09. The number of aromatic nitrogens is 2. The first-order chi connectivity index (χ1) is 16.0. The molecule has 6 nitrogen and oxygen atoms in total. The summed E-state index contributed by atoms with van der Waals surface area (Å²) in [7, 11) is 2.09. The van der Waals surface area contributed by atoms with Gasteiger partial charge in [0.15, 0.2) is 0 Å². The van der Waals surface area contributed by atoms with Crippen molar-refractivity contribution < 1.29 is 24.4 Å². The van der Waals surface area contributed by atoms with Crippen molar-refractivity contribution in [3.8, 4) is 22.9 Å². The largest absolute Gasteiger partial charge is 0.492 e. The molecule has 164 valence electrons. The summed E-state index contributed by atoms with van der Waals surface area (Å²) >= 11 is 0. The average molecular weight is 439 g/mol. The number of aryl methyl sites for hydroxylation is 2. The molecule has 0 unspecified atom stereocenters. The highest BCUT2D eigenvalue weighted by molar-refractivity contribution is 5.98. The van der Waals surface area contributed by atoms with Gasteiger partial charge in [-0.2, -0.15) is 4.57 Å². The van der Waals surface area contributed by atoms with Gasteiger partial charge in [-0.1, -0.05) is 48.5 Å². The lowest BCUT2D eigenvalue weighted by molar-refractivity contribution is -0.617. The molecule has 0 aliphatic rings. The van der Waals surface area contributed by atoms with E-state index >= 15 is 0 Å². The SMILES string of the molecule is C[n+]1c2ccccc2cc2c(-c3ccc(CCC(=O)On4c(O)ccc4O)cc3)cccc21. The first-order valence-corrected chi connectivity index (χ1v) is 10.7. The van der Waals surface area contributed by atoms with Gasteiger partial charge in [0.1, 0.15) is 7.05 Å². The lowest BCUT2D eigenvalue weighted by atomic mass is 9.97. The second kappa shape index (κ2) is 8.31. The first kappa shape index (κ1) is 20.6. The molecule has 5 rings (SSSR count). The molecule has 0 bridgehead atoms. The van der Waals surface area contributed by atoms with Gasteiger partial charge in [-0.25, -0.2) is 4.79 Å². The zero-order valence-electron chi connectivity index (χ0n) is 18.1. The van der Waals surface area contributed by atoms with E-state index in [0.29, 0.717) is 11.2 Å². The maximum absolute atomic E-state index is 12.1. The van der Waals surface area contributed by atoms with Crippen molar-refractivity contribution >= 4 is 27.8 Å². The molecule has 5 aromatic rings. The minimum atomic E-state index is -0.547. The van der Waals surface area contributed by atoms with Crippen LogP contribution in [-0.4, -0.2) is 20.9 Å². The quantitative estimate of drug-likeness (QED) is 0.317. The molecule has 3 aromatic carbocycles. The van der Waals surface area contributed by atoms with Crippen molar-refractivity contribution in [2.24, 2.45) is 7.05 Å². The van der Waals surface area contributed by atoms with Crippen molar-refractivity contribution in [1.82, 2.24) is 4.73 Å². The fourth-order valence-electron chi connectivity index (χ4n) is 4.19. The summed E-state index contributed by atoms with van der Waals surface area (Å²) in [5.74, 6) is -1.21. The molecule has 0 saturated heterocycles. The number of fused-ring (bicyclic) bond motifs is 2. The molecule has 0 aliphatic heterocycles. The molecule has 0 atom stereocenters. The number of rotatable bonds is 5. The molecular weight excluding hydrogens is 416 g/mol. The molecule has 0 amide bonds. The van der Waals surface area contributed by atoms with Crippen LogP contribution < -0.4 is 9.40 Å². The number of aromatic hydroxyl groups is 2. The van der Waals surface area contributed by atoms with Crippen molar-refractivity contribution in [2.75, 3.05) is 0 Å².